The summed E-state index contributed by atoms with van der Waals surface area (Å²) in [5.74, 6) is 0. The molecule has 3 aromatic rings. The molecule has 4 nitrogen and oxygen atoms in total. The van der Waals surface area contributed by atoms with E-state index in [0.717, 1.165) is 17.2 Å². The average molecular weight is 495 g/mol. The van der Waals surface area contributed by atoms with Gasteiger partial charge in [-0.3, -0.25) is 0 Å². The van der Waals surface area contributed by atoms with Crippen molar-refractivity contribution in [1.82, 2.24) is 4.98 Å². The number of halogens is 2. The summed E-state index contributed by atoms with van der Waals surface area (Å²) in [6, 6.07) is 11.3. The van der Waals surface area contributed by atoms with Crippen LogP contribution in [0.25, 0.3) is 0 Å². The second kappa shape index (κ2) is 9.10. The smallest absolute Gasteiger partial charge is 0.185 e. The van der Waals surface area contributed by atoms with E-state index in [0.29, 0.717) is 25.9 Å². The van der Waals surface area contributed by atoms with Gasteiger partial charge in [-0.1, -0.05) is 47.5 Å². The number of thiazole rings is 1. The van der Waals surface area contributed by atoms with Crippen molar-refractivity contribution < 1.29 is 8.42 Å². The summed E-state index contributed by atoms with van der Waals surface area (Å²) < 4.78 is 26.2. The van der Waals surface area contributed by atoms with Gasteiger partial charge in [0.25, 0.3) is 0 Å². The summed E-state index contributed by atoms with van der Waals surface area (Å²) in [7, 11) is -3.52. The minimum absolute atomic E-state index is 0.113. The summed E-state index contributed by atoms with van der Waals surface area (Å²) in [4.78, 5) is 7.12. The molecule has 0 bridgehead atoms. The number of hydrogen-bond donors (Lipinski definition) is 0. The van der Waals surface area contributed by atoms with Crippen LogP contribution in [0.1, 0.15) is 35.2 Å². The van der Waals surface area contributed by atoms with E-state index < -0.39 is 15.1 Å². The zero-order valence-electron chi connectivity index (χ0n) is 17.4. The summed E-state index contributed by atoms with van der Waals surface area (Å²) in [6.07, 6.45) is 1.88. The minimum Gasteiger partial charge on any atom is -0.348 e. The molecule has 2 aromatic carbocycles. The van der Waals surface area contributed by atoms with E-state index in [1.54, 1.807) is 23.5 Å². The molecule has 1 aliphatic rings. The molecule has 4 rings (SSSR count). The minimum atomic E-state index is -3.52. The van der Waals surface area contributed by atoms with Crippen molar-refractivity contribution in [2.45, 2.75) is 43.3 Å². The molecule has 164 valence electrons. The van der Waals surface area contributed by atoms with Gasteiger partial charge < -0.3 is 4.90 Å². The van der Waals surface area contributed by atoms with Gasteiger partial charge in [0.1, 0.15) is 0 Å². The molecule has 0 saturated carbocycles. The monoisotopic (exact) mass is 494 g/mol. The highest BCUT2D eigenvalue weighted by molar-refractivity contribution is 7.92. The molecular weight excluding hydrogens is 471 g/mol. The van der Waals surface area contributed by atoms with Crippen LogP contribution < -0.4 is 4.90 Å². The van der Waals surface area contributed by atoms with Gasteiger partial charge in [-0.2, -0.15) is 0 Å². The number of nitrogens with zero attached hydrogens (tertiary/aromatic N) is 2. The van der Waals surface area contributed by atoms with Crippen molar-refractivity contribution in [3.05, 3.63) is 74.2 Å². The topological polar surface area (TPSA) is 50.3 Å². The molecule has 0 radical (unpaired) electrons. The highest BCUT2D eigenvalue weighted by Crippen LogP contribution is 2.35. The third-order valence-corrected chi connectivity index (χ3v) is 10.1. The summed E-state index contributed by atoms with van der Waals surface area (Å²) >= 11 is 13.8. The van der Waals surface area contributed by atoms with E-state index in [2.05, 4.69) is 42.3 Å². The van der Waals surface area contributed by atoms with Gasteiger partial charge in [0.05, 0.1) is 25.9 Å². The Kier molecular flexibility index (Phi) is 6.63. The van der Waals surface area contributed by atoms with Gasteiger partial charge in [0, 0.05) is 24.9 Å². The molecule has 2 heterocycles. The first kappa shape index (κ1) is 22.6. The van der Waals surface area contributed by atoms with Crippen LogP contribution in [0.3, 0.4) is 0 Å². The van der Waals surface area contributed by atoms with Crippen LogP contribution >= 0.6 is 34.5 Å². The van der Waals surface area contributed by atoms with Crippen molar-refractivity contribution in [3.63, 3.8) is 0 Å². The molecule has 1 saturated heterocycles. The fourth-order valence-electron chi connectivity index (χ4n) is 3.89. The van der Waals surface area contributed by atoms with Crippen LogP contribution in [-0.4, -0.2) is 31.7 Å². The summed E-state index contributed by atoms with van der Waals surface area (Å²) in [6.45, 7) is 5.54. The summed E-state index contributed by atoms with van der Waals surface area (Å²) in [5, 5.41) is 2.96. The third kappa shape index (κ3) is 4.77. The Morgan fingerprint density at radius 3 is 2.55 bits per heavy atom. The fraction of sp³-hybridized carbons (Fsp3) is 0.348. The van der Waals surface area contributed by atoms with E-state index in [4.69, 9.17) is 28.2 Å². The fourth-order valence-corrected chi connectivity index (χ4v) is 7.26. The Balaban J connectivity index is 1.42. The van der Waals surface area contributed by atoms with Crippen molar-refractivity contribution in [2.24, 2.45) is 0 Å². The van der Waals surface area contributed by atoms with Crippen LogP contribution in [0.15, 0.2) is 46.7 Å². The molecule has 0 spiro atoms. The molecule has 31 heavy (non-hydrogen) atoms. The number of sulfone groups is 1. The quantitative estimate of drug-likeness (QED) is 0.429. The highest BCUT2D eigenvalue weighted by Gasteiger charge is 2.33. The van der Waals surface area contributed by atoms with E-state index in [9.17, 15) is 8.42 Å². The van der Waals surface area contributed by atoms with Gasteiger partial charge in [-0.15, -0.1) is 11.3 Å². The Labute approximate surface area is 197 Å². The standard InChI is InChI=1S/C23H24Cl2N2O2S2/c1-15-6-7-17(12-16(15)2)13-18-14-30-23(26-18)27-10-8-19(9-11-27)31(28,29)21-5-3-4-20(24)22(21)25/h3-7,12,14,19H,8-11,13H2,1-2H3. The Hall–Kier alpha value is -1.60. The van der Waals surface area contributed by atoms with Crippen LogP contribution in [-0.2, 0) is 16.3 Å². The molecule has 0 N–H and O–H groups in total. The number of aryl methyl sites for hydroxylation is 2. The molecule has 0 unspecified atom stereocenters. The molecule has 0 amide bonds. The highest BCUT2D eigenvalue weighted by atomic mass is 35.5. The largest absolute Gasteiger partial charge is 0.348 e. The van der Waals surface area contributed by atoms with Gasteiger partial charge in [0.2, 0.25) is 0 Å². The number of benzene rings is 2. The van der Waals surface area contributed by atoms with Crippen LogP contribution in [0.2, 0.25) is 10.0 Å². The SMILES string of the molecule is Cc1ccc(Cc2csc(N3CCC(S(=O)(=O)c4cccc(Cl)c4Cl)CC3)n2)cc1C. The predicted octanol–water partition coefficient (Wildman–Crippen LogP) is 6.10. The van der Waals surface area contributed by atoms with Gasteiger partial charge in [0.15, 0.2) is 15.0 Å². The third-order valence-electron chi connectivity index (χ3n) is 5.87. The first-order chi connectivity index (χ1) is 14.8. The first-order valence-electron chi connectivity index (χ1n) is 10.2. The Morgan fingerprint density at radius 2 is 1.84 bits per heavy atom. The Morgan fingerprint density at radius 1 is 1.10 bits per heavy atom. The summed E-state index contributed by atoms with van der Waals surface area (Å²) in [5.41, 5.74) is 4.88. The molecule has 1 aromatic heterocycles. The lowest BCUT2D eigenvalue weighted by molar-refractivity contribution is 0.529. The van der Waals surface area contributed by atoms with Crippen LogP contribution in [0.4, 0.5) is 5.13 Å². The number of aromatic nitrogens is 1. The second-order valence-corrected chi connectivity index (χ2v) is 11.8. The molecular formula is C23H24Cl2N2O2S2. The number of anilines is 1. The molecule has 0 atom stereocenters. The van der Waals surface area contributed by atoms with Gasteiger partial charge in [-0.05, 0) is 55.5 Å². The lowest BCUT2D eigenvalue weighted by atomic mass is 10.0. The van der Waals surface area contributed by atoms with Gasteiger partial charge >= 0.3 is 0 Å². The van der Waals surface area contributed by atoms with Crippen molar-refractivity contribution in [3.8, 4) is 0 Å². The first-order valence-corrected chi connectivity index (χ1v) is 13.4. The van der Waals surface area contributed by atoms with E-state index in [-0.39, 0.29) is 14.9 Å². The normalized spacial score (nSPS) is 15.4. The lowest BCUT2D eigenvalue weighted by Crippen LogP contribution is -2.39. The second-order valence-electron chi connectivity index (χ2n) is 8.00. The van der Waals surface area contributed by atoms with Crippen LogP contribution in [0.5, 0.6) is 0 Å². The average Bonchev–Trinajstić information content (AvgIpc) is 3.21. The van der Waals surface area contributed by atoms with Crippen molar-refractivity contribution >= 4 is 49.5 Å². The Bertz CT molecular complexity index is 1200. The molecule has 0 aliphatic carbocycles. The van der Waals surface area contributed by atoms with Gasteiger partial charge in [-0.25, -0.2) is 13.4 Å². The predicted molar refractivity (Wildman–Crippen MR) is 130 cm³/mol. The maximum Gasteiger partial charge on any atom is 0.185 e. The number of piperidine rings is 1. The molecule has 1 fully saturated rings. The van der Waals surface area contributed by atoms with Crippen molar-refractivity contribution in [1.29, 1.82) is 0 Å². The zero-order chi connectivity index (χ0) is 22.2. The van der Waals surface area contributed by atoms with E-state index in [1.165, 1.54) is 22.8 Å². The van der Waals surface area contributed by atoms with Crippen molar-refractivity contribution in [2.75, 3.05) is 18.0 Å². The zero-order valence-corrected chi connectivity index (χ0v) is 20.6. The molecule has 1 aliphatic heterocycles. The maximum absolute atomic E-state index is 13.1. The van der Waals surface area contributed by atoms with E-state index >= 15 is 0 Å². The molecule has 8 heteroatoms. The lowest BCUT2D eigenvalue weighted by Gasteiger charge is -2.31. The van der Waals surface area contributed by atoms with Crippen LogP contribution in [0, 0.1) is 13.8 Å². The number of rotatable bonds is 5. The maximum atomic E-state index is 13.1. The van der Waals surface area contributed by atoms with E-state index in [1.807, 2.05) is 0 Å². The number of hydrogen-bond acceptors (Lipinski definition) is 5.